The van der Waals surface area contributed by atoms with Crippen molar-refractivity contribution >= 4 is 0 Å². The molecule has 122 valence electrons. The van der Waals surface area contributed by atoms with E-state index in [1.807, 2.05) is 0 Å². The summed E-state index contributed by atoms with van der Waals surface area (Å²) >= 11 is 0. The SMILES string of the molecule is CNCC1(CN2CCN(C3CCCC3)CC2)CCOCC1. The Hall–Kier alpha value is -0.160. The monoisotopic (exact) mass is 295 g/mol. The van der Waals surface area contributed by atoms with E-state index in [-0.39, 0.29) is 0 Å². The third kappa shape index (κ3) is 3.98. The van der Waals surface area contributed by atoms with Crippen LogP contribution in [0.1, 0.15) is 38.5 Å². The third-order valence-corrected chi connectivity index (χ3v) is 5.91. The van der Waals surface area contributed by atoms with Crippen LogP contribution < -0.4 is 5.32 Å². The zero-order valence-electron chi connectivity index (χ0n) is 13.8. The van der Waals surface area contributed by atoms with Gasteiger partial charge in [-0.1, -0.05) is 12.8 Å². The van der Waals surface area contributed by atoms with E-state index in [2.05, 4.69) is 22.2 Å². The van der Waals surface area contributed by atoms with E-state index in [9.17, 15) is 0 Å². The first-order valence-corrected chi connectivity index (χ1v) is 9.00. The van der Waals surface area contributed by atoms with Crippen molar-refractivity contribution in [2.45, 2.75) is 44.6 Å². The van der Waals surface area contributed by atoms with Crippen LogP contribution in [0.4, 0.5) is 0 Å². The predicted molar refractivity (Wildman–Crippen MR) is 86.7 cm³/mol. The van der Waals surface area contributed by atoms with Crippen LogP contribution >= 0.6 is 0 Å². The summed E-state index contributed by atoms with van der Waals surface area (Å²) in [5, 5.41) is 3.43. The van der Waals surface area contributed by atoms with Crippen molar-refractivity contribution in [3.8, 4) is 0 Å². The summed E-state index contributed by atoms with van der Waals surface area (Å²) in [6.45, 7) is 9.40. The van der Waals surface area contributed by atoms with Gasteiger partial charge >= 0.3 is 0 Å². The number of nitrogens with zero attached hydrogens (tertiary/aromatic N) is 2. The lowest BCUT2D eigenvalue weighted by Gasteiger charge is -2.44. The predicted octanol–water partition coefficient (Wildman–Crippen LogP) is 1.56. The smallest absolute Gasteiger partial charge is 0.0472 e. The van der Waals surface area contributed by atoms with E-state index in [4.69, 9.17) is 4.74 Å². The molecule has 1 aliphatic carbocycles. The molecule has 1 saturated carbocycles. The molecular weight excluding hydrogens is 262 g/mol. The molecule has 2 aliphatic heterocycles. The Kier molecular flexibility index (Phi) is 5.54. The highest BCUT2D eigenvalue weighted by Crippen LogP contribution is 2.32. The largest absolute Gasteiger partial charge is 0.381 e. The molecule has 21 heavy (non-hydrogen) atoms. The zero-order valence-corrected chi connectivity index (χ0v) is 13.8. The molecule has 0 unspecified atom stereocenters. The fourth-order valence-electron chi connectivity index (χ4n) is 4.60. The molecule has 1 N–H and O–H groups in total. The fourth-order valence-corrected chi connectivity index (χ4v) is 4.60. The van der Waals surface area contributed by atoms with Crippen LogP contribution in [0.3, 0.4) is 0 Å². The Morgan fingerprint density at radius 1 is 1.05 bits per heavy atom. The van der Waals surface area contributed by atoms with E-state index in [1.165, 1.54) is 71.2 Å². The molecule has 3 rings (SSSR count). The highest BCUT2D eigenvalue weighted by atomic mass is 16.5. The summed E-state index contributed by atoms with van der Waals surface area (Å²) in [6, 6.07) is 0.904. The van der Waals surface area contributed by atoms with Crippen molar-refractivity contribution in [3.05, 3.63) is 0 Å². The van der Waals surface area contributed by atoms with E-state index >= 15 is 0 Å². The average molecular weight is 295 g/mol. The van der Waals surface area contributed by atoms with E-state index in [0.29, 0.717) is 5.41 Å². The molecular formula is C17H33N3O. The first-order chi connectivity index (χ1) is 10.3. The van der Waals surface area contributed by atoms with Crippen molar-refractivity contribution < 1.29 is 4.74 Å². The van der Waals surface area contributed by atoms with Gasteiger partial charge in [0.1, 0.15) is 0 Å². The maximum Gasteiger partial charge on any atom is 0.0472 e. The molecule has 4 nitrogen and oxygen atoms in total. The lowest BCUT2D eigenvalue weighted by Crippen LogP contribution is -2.54. The molecule has 0 amide bonds. The number of ether oxygens (including phenoxy) is 1. The summed E-state index contributed by atoms with van der Waals surface area (Å²) in [4.78, 5) is 5.48. The molecule has 2 saturated heterocycles. The number of piperazine rings is 1. The average Bonchev–Trinajstić information content (AvgIpc) is 3.03. The topological polar surface area (TPSA) is 27.7 Å². The van der Waals surface area contributed by atoms with Crippen molar-refractivity contribution in [3.63, 3.8) is 0 Å². The Balaban J connectivity index is 1.48. The quantitative estimate of drug-likeness (QED) is 0.833. The fraction of sp³-hybridized carbons (Fsp3) is 1.00. The van der Waals surface area contributed by atoms with Gasteiger partial charge < -0.3 is 15.0 Å². The van der Waals surface area contributed by atoms with E-state index < -0.39 is 0 Å². The molecule has 0 radical (unpaired) electrons. The van der Waals surface area contributed by atoms with Gasteiger partial charge in [0.15, 0.2) is 0 Å². The zero-order chi connectivity index (χ0) is 14.5. The van der Waals surface area contributed by atoms with Crippen LogP contribution in [-0.2, 0) is 4.74 Å². The van der Waals surface area contributed by atoms with Gasteiger partial charge in [-0.2, -0.15) is 0 Å². The van der Waals surface area contributed by atoms with Gasteiger partial charge in [0.25, 0.3) is 0 Å². The standard InChI is InChI=1S/C17H33N3O/c1-18-14-17(6-12-21-13-7-17)15-19-8-10-20(11-9-19)16-4-2-3-5-16/h16,18H,2-15H2,1H3. The molecule has 3 aliphatic rings. The number of hydrogen-bond acceptors (Lipinski definition) is 4. The van der Waals surface area contributed by atoms with Crippen LogP contribution in [-0.4, -0.2) is 75.4 Å². The second-order valence-corrected chi connectivity index (χ2v) is 7.39. The van der Waals surface area contributed by atoms with Crippen molar-refractivity contribution in [1.82, 2.24) is 15.1 Å². The molecule has 0 aromatic rings. The van der Waals surface area contributed by atoms with Crippen LogP contribution in [0, 0.1) is 5.41 Å². The third-order valence-electron chi connectivity index (χ3n) is 5.91. The Labute approximate surface area is 130 Å². The molecule has 0 bridgehead atoms. The number of rotatable bonds is 5. The molecule has 0 aromatic carbocycles. The number of nitrogens with one attached hydrogen (secondary N) is 1. The Morgan fingerprint density at radius 3 is 2.33 bits per heavy atom. The van der Waals surface area contributed by atoms with E-state index in [0.717, 1.165) is 25.8 Å². The molecule has 2 heterocycles. The maximum atomic E-state index is 5.59. The lowest BCUT2D eigenvalue weighted by atomic mass is 9.79. The lowest BCUT2D eigenvalue weighted by molar-refractivity contribution is -0.0142. The van der Waals surface area contributed by atoms with Crippen molar-refractivity contribution in [1.29, 1.82) is 0 Å². The summed E-state index contributed by atoms with van der Waals surface area (Å²) in [6.07, 6.45) is 8.24. The van der Waals surface area contributed by atoms with Gasteiger partial charge in [0.2, 0.25) is 0 Å². The van der Waals surface area contributed by atoms with Gasteiger partial charge in [0, 0.05) is 58.5 Å². The minimum absolute atomic E-state index is 0.447. The van der Waals surface area contributed by atoms with Crippen molar-refractivity contribution in [2.24, 2.45) is 5.41 Å². The van der Waals surface area contributed by atoms with Crippen LogP contribution in [0.2, 0.25) is 0 Å². The van der Waals surface area contributed by atoms with Gasteiger partial charge in [-0.25, -0.2) is 0 Å². The number of hydrogen-bond donors (Lipinski definition) is 1. The van der Waals surface area contributed by atoms with Gasteiger partial charge in [-0.15, -0.1) is 0 Å². The van der Waals surface area contributed by atoms with Crippen LogP contribution in [0.5, 0.6) is 0 Å². The minimum atomic E-state index is 0.447. The molecule has 4 heteroatoms. The second-order valence-electron chi connectivity index (χ2n) is 7.39. The highest BCUT2D eigenvalue weighted by Gasteiger charge is 2.35. The Bertz CT molecular complexity index is 298. The normalized spacial score (nSPS) is 29.0. The summed E-state index contributed by atoms with van der Waals surface area (Å²) in [7, 11) is 2.09. The summed E-state index contributed by atoms with van der Waals surface area (Å²) in [5.41, 5.74) is 0.447. The van der Waals surface area contributed by atoms with Crippen molar-refractivity contribution in [2.75, 3.05) is 59.5 Å². The van der Waals surface area contributed by atoms with Gasteiger partial charge in [-0.3, -0.25) is 4.90 Å². The molecule has 0 atom stereocenters. The molecule has 0 aromatic heterocycles. The highest BCUT2D eigenvalue weighted by molar-refractivity contribution is 4.89. The molecule has 0 spiro atoms. The molecule has 3 fully saturated rings. The first-order valence-electron chi connectivity index (χ1n) is 9.00. The van der Waals surface area contributed by atoms with Gasteiger partial charge in [0.05, 0.1) is 0 Å². The second kappa shape index (κ2) is 7.40. The summed E-state index contributed by atoms with van der Waals surface area (Å²) < 4.78 is 5.59. The Morgan fingerprint density at radius 2 is 1.71 bits per heavy atom. The van der Waals surface area contributed by atoms with Gasteiger partial charge in [-0.05, 0) is 38.1 Å². The first kappa shape index (κ1) is 15.7. The summed E-state index contributed by atoms with van der Waals surface area (Å²) in [5.74, 6) is 0. The maximum absolute atomic E-state index is 5.59. The minimum Gasteiger partial charge on any atom is -0.381 e. The van der Waals surface area contributed by atoms with E-state index in [1.54, 1.807) is 0 Å². The van der Waals surface area contributed by atoms with Crippen LogP contribution in [0.25, 0.3) is 0 Å². The van der Waals surface area contributed by atoms with Crippen LogP contribution in [0.15, 0.2) is 0 Å².